The molecule has 1 rings (SSSR count). The molecule has 0 aromatic heterocycles. The third-order valence-corrected chi connectivity index (χ3v) is 3.42. The Hall–Kier alpha value is -1.10. The van der Waals surface area contributed by atoms with E-state index in [1.807, 2.05) is 0 Å². The Morgan fingerprint density at radius 1 is 1.26 bits per heavy atom. The minimum atomic E-state index is -0.568. The Morgan fingerprint density at radius 3 is 2.68 bits per heavy atom. The number of hydrogen-bond donors (Lipinski definition) is 0. The highest BCUT2D eigenvalue weighted by atomic mass is 16.5. The quantitative estimate of drug-likeness (QED) is 0.523. The average Bonchev–Trinajstić information content (AvgIpc) is 2.46. The normalized spacial score (nSPS) is 19.3. The van der Waals surface area contributed by atoms with E-state index in [1.165, 1.54) is 26.4 Å². The maximum absolute atomic E-state index is 12.1. The number of nitrogens with zero attached hydrogens (tertiary/aromatic N) is 1. The maximum Gasteiger partial charge on any atom is 0.331 e. The van der Waals surface area contributed by atoms with Gasteiger partial charge in [0, 0.05) is 13.0 Å². The first-order valence-corrected chi connectivity index (χ1v) is 7.15. The van der Waals surface area contributed by atoms with Crippen molar-refractivity contribution in [1.29, 1.82) is 0 Å². The highest BCUT2D eigenvalue weighted by molar-refractivity contribution is 5.84. The smallest absolute Gasteiger partial charge is 0.331 e. The van der Waals surface area contributed by atoms with Gasteiger partial charge in [-0.25, -0.2) is 4.79 Å². The highest BCUT2D eigenvalue weighted by Crippen LogP contribution is 2.13. The second-order valence-electron chi connectivity index (χ2n) is 4.87. The van der Waals surface area contributed by atoms with Crippen LogP contribution >= 0.6 is 0 Å². The summed E-state index contributed by atoms with van der Waals surface area (Å²) in [6, 6.07) is -0.568. The number of unbranched alkanes of at least 4 members (excludes halogenated alkanes) is 4. The van der Waals surface area contributed by atoms with Gasteiger partial charge in [0.15, 0.2) is 6.04 Å². The van der Waals surface area contributed by atoms with Crippen LogP contribution in [0.3, 0.4) is 0 Å². The fourth-order valence-electron chi connectivity index (χ4n) is 2.26. The van der Waals surface area contributed by atoms with Crippen LogP contribution in [0.2, 0.25) is 0 Å². The number of esters is 1. The molecule has 1 amide bonds. The summed E-state index contributed by atoms with van der Waals surface area (Å²) in [4.78, 5) is 25.3. The summed E-state index contributed by atoms with van der Waals surface area (Å²) in [5.41, 5.74) is 0. The van der Waals surface area contributed by atoms with Gasteiger partial charge < -0.3 is 14.4 Å². The molecule has 1 atom stereocenters. The zero-order valence-electron chi connectivity index (χ0n) is 12.0. The summed E-state index contributed by atoms with van der Waals surface area (Å²) in [6.45, 7) is 3.39. The van der Waals surface area contributed by atoms with Crippen molar-refractivity contribution in [3.8, 4) is 0 Å². The molecule has 0 aliphatic carbocycles. The van der Waals surface area contributed by atoms with Crippen LogP contribution < -0.4 is 0 Å². The molecule has 1 unspecified atom stereocenters. The number of ether oxygens (including phenoxy) is 2. The van der Waals surface area contributed by atoms with Crippen LogP contribution in [-0.4, -0.2) is 49.7 Å². The molecule has 0 aromatic carbocycles. The largest absolute Gasteiger partial charge is 0.467 e. The number of methoxy groups -OCH3 is 1. The summed E-state index contributed by atoms with van der Waals surface area (Å²) >= 11 is 0. The van der Waals surface area contributed by atoms with Crippen molar-refractivity contribution in [2.45, 2.75) is 51.5 Å². The molecule has 0 saturated carbocycles. The van der Waals surface area contributed by atoms with Gasteiger partial charge in [0.1, 0.15) is 0 Å². The summed E-state index contributed by atoms with van der Waals surface area (Å²) in [5, 5.41) is 0. The second kappa shape index (κ2) is 8.91. The number of amides is 1. The van der Waals surface area contributed by atoms with Gasteiger partial charge in [-0.2, -0.15) is 0 Å². The Labute approximate surface area is 115 Å². The van der Waals surface area contributed by atoms with Gasteiger partial charge in [0.2, 0.25) is 5.91 Å². The van der Waals surface area contributed by atoms with E-state index in [2.05, 4.69) is 6.92 Å². The van der Waals surface area contributed by atoms with E-state index in [0.717, 1.165) is 12.8 Å². The minimum Gasteiger partial charge on any atom is -0.467 e. The first kappa shape index (κ1) is 16.0. The van der Waals surface area contributed by atoms with E-state index in [9.17, 15) is 9.59 Å². The molecular weight excluding hydrogens is 246 g/mol. The zero-order chi connectivity index (χ0) is 14.1. The van der Waals surface area contributed by atoms with E-state index in [-0.39, 0.29) is 18.5 Å². The molecule has 0 aromatic rings. The Bertz CT molecular complexity index is 293. The molecule has 1 heterocycles. The van der Waals surface area contributed by atoms with Crippen molar-refractivity contribution in [1.82, 2.24) is 4.90 Å². The molecule has 1 aliphatic heterocycles. The third kappa shape index (κ3) is 5.19. The Balaban J connectivity index is 2.37. The summed E-state index contributed by atoms with van der Waals surface area (Å²) in [7, 11) is 1.34. The molecule has 19 heavy (non-hydrogen) atoms. The van der Waals surface area contributed by atoms with Crippen LogP contribution in [0.4, 0.5) is 0 Å². The predicted octanol–water partition coefficient (Wildman–Crippen LogP) is 1.75. The maximum atomic E-state index is 12.1. The lowest BCUT2D eigenvalue weighted by Crippen LogP contribution is -2.52. The van der Waals surface area contributed by atoms with Crippen LogP contribution in [-0.2, 0) is 19.1 Å². The van der Waals surface area contributed by atoms with Crippen molar-refractivity contribution in [3.05, 3.63) is 0 Å². The van der Waals surface area contributed by atoms with Crippen molar-refractivity contribution in [2.75, 3.05) is 26.9 Å². The van der Waals surface area contributed by atoms with Crippen LogP contribution in [0.25, 0.3) is 0 Å². The molecule has 0 spiro atoms. The fourth-order valence-corrected chi connectivity index (χ4v) is 2.26. The zero-order valence-corrected chi connectivity index (χ0v) is 12.0. The van der Waals surface area contributed by atoms with E-state index < -0.39 is 6.04 Å². The number of carbonyl (C=O) groups is 2. The van der Waals surface area contributed by atoms with Gasteiger partial charge in [-0.15, -0.1) is 0 Å². The van der Waals surface area contributed by atoms with Crippen molar-refractivity contribution in [2.24, 2.45) is 0 Å². The lowest BCUT2D eigenvalue weighted by Gasteiger charge is -2.33. The molecule has 110 valence electrons. The molecule has 1 fully saturated rings. The van der Waals surface area contributed by atoms with E-state index in [4.69, 9.17) is 9.47 Å². The molecule has 0 bridgehead atoms. The van der Waals surface area contributed by atoms with Gasteiger partial charge in [0.05, 0.1) is 20.3 Å². The minimum absolute atomic E-state index is 0.0372. The summed E-state index contributed by atoms with van der Waals surface area (Å²) in [5.74, 6) is -0.353. The van der Waals surface area contributed by atoms with Gasteiger partial charge in [-0.1, -0.05) is 32.6 Å². The summed E-state index contributed by atoms with van der Waals surface area (Å²) in [6.07, 6.45) is 6.07. The summed E-state index contributed by atoms with van der Waals surface area (Å²) < 4.78 is 9.96. The van der Waals surface area contributed by atoms with Gasteiger partial charge >= 0.3 is 5.97 Å². The van der Waals surface area contributed by atoms with Gasteiger partial charge in [-0.3, -0.25) is 4.79 Å². The molecular formula is C14H25NO4. The second-order valence-corrected chi connectivity index (χ2v) is 4.87. The molecule has 0 N–H and O–H groups in total. The average molecular weight is 271 g/mol. The SMILES string of the molecule is CCCCCCCC(=O)N1CCOCC1C(=O)OC. The molecule has 1 saturated heterocycles. The third-order valence-electron chi connectivity index (χ3n) is 3.42. The van der Waals surface area contributed by atoms with Gasteiger partial charge in [-0.05, 0) is 6.42 Å². The standard InChI is InChI=1S/C14H25NO4/c1-3-4-5-6-7-8-13(16)15-9-10-19-11-12(15)14(17)18-2/h12H,3-11H2,1-2H3. The van der Waals surface area contributed by atoms with Crippen molar-refractivity contribution < 1.29 is 19.1 Å². The number of hydrogen-bond acceptors (Lipinski definition) is 4. The van der Waals surface area contributed by atoms with E-state index in [1.54, 1.807) is 4.90 Å². The molecule has 1 aliphatic rings. The molecule has 5 nitrogen and oxygen atoms in total. The van der Waals surface area contributed by atoms with Crippen LogP contribution in [0.1, 0.15) is 45.4 Å². The number of morpholine rings is 1. The Kier molecular flexibility index (Phi) is 7.48. The predicted molar refractivity (Wildman–Crippen MR) is 71.7 cm³/mol. The van der Waals surface area contributed by atoms with Crippen LogP contribution in [0, 0.1) is 0 Å². The highest BCUT2D eigenvalue weighted by Gasteiger charge is 2.33. The monoisotopic (exact) mass is 271 g/mol. The lowest BCUT2D eigenvalue weighted by molar-refractivity contribution is -0.160. The van der Waals surface area contributed by atoms with Gasteiger partial charge in [0.25, 0.3) is 0 Å². The van der Waals surface area contributed by atoms with E-state index >= 15 is 0 Å². The molecule has 0 radical (unpaired) electrons. The topological polar surface area (TPSA) is 55.8 Å². The number of rotatable bonds is 7. The lowest BCUT2D eigenvalue weighted by atomic mass is 10.1. The van der Waals surface area contributed by atoms with Crippen LogP contribution in [0.15, 0.2) is 0 Å². The molecule has 5 heteroatoms. The van der Waals surface area contributed by atoms with Crippen LogP contribution in [0.5, 0.6) is 0 Å². The fraction of sp³-hybridized carbons (Fsp3) is 0.857. The van der Waals surface area contributed by atoms with Crippen molar-refractivity contribution in [3.63, 3.8) is 0 Å². The number of carbonyl (C=O) groups excluding carboxylic acids is 2. The first-order valence-electron chi connectivity index (χ1n) is 7.15. The Morgan fingerprint density at radius 2 is 2.00 bits per heavy atom. The van der Waals surface area contributed by atoms with E-state index in [0.29, 0.717) is 19.6 Å². The first-order chi connectivity index (χ1) is 9.20. The van der Waals surface area contributed by atoms with Crippen molar-refractivity contribution >= 4 is 11.9 Å².